The van der Waals surface area contributed by atoms with Crippen molar-refractivity contribution in [1.82, 2.24) is 0 Å². The third kappa shape index (κ3) is 1.66. The van der Waals surface area contributed by atoms with Gasteiger partial charge in [-0.1, -0.05) is 15.9 Å². The Labute approximate surface area is 90.5 Å². The fourth-order valence-electron chi connectivity index (χ4n) is 1.22. The molecule has 0 bridgehead atoms. The minimum absolute atomic E-state index is 0.261. The molecular formula is C9H4BrF3S. The van der Waals surface area contributed by atoms with Gasteiger partial charge in [-0.05, 0) is 18.2 Å². The normalized spacial score (nSPS) is 12.3. The van der Waals surface area contributed by atoms with Crippen LogP contribution in [-0.4, -0.2) is 0 Å². The molecular weight excluding hydrogens is 277 g/mol. The lowest BCUT2D eigenvalue weighted by Crippen LogP contribution is -2.02. The van der Waals surface area contributed by atoms with Crippen molar-refractivity contribution >= 4 is 37.4 Å². The van der Waals surface area contributed by atoms with Crippen molar-refractivity contribution < 1.29 is 13.2 Å². The highest BCUT2D eigenvalue weighted by atomic mass is 79.9. The lowest BCUT2D eigenvalue weighted by molar-refractivity contribution is -0.136. The van der Waals surface area contributed by atoms with Crippen LogP contribution in [0.2, 0.25) is 0 Å². The summed E-state index contributed by atoms with van der Waals surface area (Å²) in [6.45, 7) is 0. The summed E-state index contributed by atoms with van der Waals surface area (Å²) in [4.78, 5) is 0. The highest BCUT2D eigenvalue weighted by Crippen LogP contribution is 2.39. The van der Waals surface area contributed by atoms with Crippen molar-refractivity contribution in [3.63, 3.8) is 0 Å². The van der Waals surface area contributed by atoms with Gasteiger partial charge in [0.2, 0.25) is 0 Å². The van der Waals surface area contributed by atoms with E-state index in [2.05, 4.69) is 15.9 Å². The average molecular weight is 281 g/mol. The van der Waals surface area contributed by atoms with Crippen molar-refractivity contribution in [2.75, 3.05) is 0 Å². The zero-order chi connectivity index (χ0) is 10.3. The summed E-state index contributed by atoms with van der Waals surface area (Å²) in [7, 11) is 0. The summed E-state index contributed by atoms with van der Waals surface area (Å²) in [5.74, 6) is 0. The van der Waals surface area contributed by atoms with Crippen molar-refractivity contribution in [3.8, 4) is 0 Å². The summed E-state index contributed by atoms with van der Waals surface area (Å²) in [5.41, 5.74) is -0.557. The number of halogens is 4. The predicted molar refractivity (Wildman–Crippen MR) is 54.5 cm³/mol. The standard InChI is InChI=1S/C9H4BrF3S/c10-5-1-2-8-6(3-5)7(4-14-8)9(11,12)13/h1-4H. The Bertz CT molecular complexity index is 472. The molecule has 0 aliphatic rings. The molecule has 0 N–H and O–H groups in total. The third-order valence-electron chi connectivity index (χ3n) is 1.84. The first-order valence-electron chi connectivity index (χ1n) is 3.72. The van der Waals surface area contributed by atoms with E-state index >= 15 is 0 Å². The van der Waals surface area contributed by atoms with Crippen LogP contribution in [0.1, 0.15) is 5.56 Å². The second kappa shape index (κ2) is 3.24. The molecule has 0 saturated heterocycles. The molecule has 74 valence electrons. The molecule has 0 nitrogen and oxygen atoms in total. The van der Waals surface area contributed by atoms with Gasteiger partial charge >= 0.3 is 6.18 Å². The van der Waals surface area contributed by atoms with E-state index in [-0.39, 0.29) is 5.39 Å². The Kier molecular flexibility index (Phi) is 2.31. The number of hydrogen-bond acceptors (Lipinski definition) is 1. The van der Waals surface area contributed by atoms with Crippen LogP contribution in [0, 0.1) is 0 Å². The van der Waals surface area contributed by atoms with Crippen LogP contribution in [0.5, 0.6) is 0 Å². The molecule has 0 aliphatic carbocycles. The van der Waals surface area contributed by atoms with Gasteiger partial charge in [0, 0.05) is 19.9 Å². The van der Waals surface area contributed by atoms with E-state index in [4.69, 9.17) is 0 Å². The Morgan fingerprint density at radius 2 is 1.93 bits per heavy atom. The van der Waals surface area contributed by atoms with Crippen LogP contribution in [0.25, 0.3) is 10.1 Å². The second-order valence-corrected chi connectivity index (χ2v) is 4.61. The van der Waals surface area contributed by atoms with E-state index in [0.29, 0.717) is 9.17 Å². The Hall–Kier alpha value is -0.550. The lowest BCUT2D eigenvalue weighted by Gasteiger charge is -2.04. The molecule has 14 heavy (non-hydrogen) atoms. The van der Waals surface area contributed by atoms with Gasteiger partial charge in [0.25, 0.3) is 0 Å². The summed E-state index contributed by atoms with van der Waals surface area (Å²) in [5, 5.41) is 1.41. The molecule has 0 spiro atoms. The highest BCUT2D eigenvalue weighted by molar-refractivity contribution is 9.10. The van der Waals surface area contributed by atoms with E-state index in [1.165, 1.54) is 6.07 Å². The van der Waals surface area contributed by atoms with Crippen molar-refractivity contribution in [2.24, 2.45) is 0 Å². The first kappa shape index (κ1) is 9.98. The number of thiophene rings is 1. The number of benzene rings is 1. The van der Waals surface area contributed by atoms with E-state index < -0.39 is 11.7 Å². The molecule has 0 amide bonds. The number of rotatable bonds is 0. The Morgan fingerprint density at radius 1 is 1.21 bits per heavy atom. The maximum Gasteiger partial charge on any atom is 0.417 e. The van der Waals surface area contributed by atoms with Gasteiger partial charge in [-0.15, -0.1) is 11.3 Å². The molecule has 1 heterocycles. The van der Waals surface area contributed by atoms with Crippen molar-refractivity contribution in [1.29, 1.82) is 0 Å². The largest absolute Gasteiger partial charge is 0.417 e. The van der Waals surface area contributed by atoms with E-state index in [1.54, 1.807) is 12.1 Å². The lowest BCUT2D eigenvalue weighted by atomic mass is 10.2. The minimum Gasteiger partial charge on any atom is -0.166 e. The third-order valence-corrected chi connectivity index (χ3v) is 3.30. The Balaban J connectivity index is 2.73. The zero-order valence-electron chi connectivity index (χ0n) is 6.73. The molecule has 2 rings (SSSR count). The predicted octanol–water partition coefficient (Wildman–Crippen LogP) is 4.68. The quantitative estimate of drug-likeness (QED) is 0.657. The molecule has 1 aromatic heterocycles. The van der Waals surface area contributed by atoms with Crippen LogP contribution in [0.15, 0.2) is 28.1 Å². The van der Waals surface area contributed by atoms with E-state index in [9.17, 15) is 13.2 Å². The molecule has 5 heteroatoms. The maximum atomic E-state index is 12.5. The van der Waals surface area contributed by atoms with Gasteiger partial charge in [-0.3, -0.25) is 0 Å². The molecule has 1 aromatic carbocycles. The zero-order valence-corrected chi connectivity index (χ0v) is 9.13. The molecule has 0 fully saturated rings. The second-order valence-electron chi connectivity index (χ2n) is 2.79. The summed E-state index contributed by atoms with van der Waals surface area (Å²) < 4.78 is 38.7. The summed E-state index contributed by atoms with van der Waals surface area (Å²) in [6, 6.07) is 4.91. The molecule has 2 aromatic rings. The SMILES string of the molecule is FC(F)(F)c1csc2ccc(Br)cc12. The minimum atomic E-state index is -4.26. The van der Waals surface area contributed by atoms with Crippen molar-refractivity contribution in [2.45, 2.75) is 6.18 Å². The van der Waals surface area contributed by atoms with Gasteiger partial charge in [0.15, 0.2) is 0 Å². The maximum absolute atomic E-state index is 12.5. The van der Waals surface area contributed by atoms with Crippen LogP contribution in [-0.2, 0) is 6.18 Å². The van der Waals surface area contributed by atoms with Crippen LogP contribution in [0.3, 0.4) is 0 Å². The van der Waals surface area contributed by atoms with Gasteiger partial charge in [-0.25, -0.2) is 0 Å². The molecule has 0 saturated carbocycles. The van der Waals surface area contributed by atoms with Gasteiger partial charge < -0.3 is 0 Å². The van der Waals surface area contributed by atoms with Crippen LogP contribution >= 0.6 is 27.3 Å². The van der Waals surface area contributed by atoms with Crippen LogP contribution in [0.4, 0.5) is 13.2 Å². The summed E-state index contributed by atoms with van der Waals surface area (Å²) in [6.07, 6.45) is -4.26. The molecule has 0 atom stereocenters. The number of alkyl halides is 3. The number of hydrogen-bond donors (Lipinski definition) is 0. The molecule has 0 aliphatic heterocycles. The topological polar surface area (TPSA) is 0 Å². The average Bonchev–Trinajstić information content (AvgIpc) is 2.45. The monoisotopic (exact) mass is 280 g/mol. The summed E-state index contributed by atoms with van der Waals surface area (Å²) >= 11 is 4.26. The first-order valence-corrected chi connectivity index (χ1v) is 5.40. The smallest absolute Gasteiger partial charge is 0.166 e. The van der Waals surface area contributed by atoms with Crippen molar-refractivity contribution in [3.05, 3.63) is 33.6 Å². The first-order chi connectivity index (χ1) is 6.48. The van der Waals surface area contributed by atoms with Gasteiger partial charge in [0.05, 0.1) is 5.56 Å². The fourth-order valence-corrected chi connectivity index (χ4v) is 2.53. The Morgan fingerprint density at radius 3 is 2.57 bits per heavy atom. The van der Waals surface area contributed by atoms with Crippen LogP contribution < -0.4 is 0 Å². The number of fused-ring (bicyclic) bond motifs is 1. The molecule has 0 radical (unpaired) electrons. The van der Waals surface area contributed by atoms with Gasteiger partial charge in [-0.2, -0.15) is 13.2 Å². The van der Waals surface area contributed by atoms with E-state index in [0.717, 1.165) is 16.7 Å². The van der Waals surface area contributed by atoms with E-state index in [1.807, 2.05) is 0 Å². The molecule has 0 unspecified atom stereocenters. The van der Waals surface area contributed by atoms with Gasteiger partial charge in [0.1, 0.15) is 0 Å². The fraction of sp³-hybridized carbons (Fsp3) is 0.111. The highest BCUT2D eigenvalue weighted by Gasteiger charge is 2.33.